The van der Waals surface area contributed by atoms with Crippen molar-refractivity contribution in [1.29, 1.82) is 0 Å². The van der Waals surface area contributed by atoms with Crippen molar-refractivity contribution in [1.82, 2.24) is 10.6 Å². The molecule has 0 bridgehead atoms. The molecule has 4 aromatic rings. The van der Waals surface area contributed by atoms with Crippen molar-refractivity contribution in [2.24, 2.45) is 26.5 Å². The fraction of sp³-hybridized carbons (Fsp3) is 0.490. The van der Waals surface area contributed by atoms with Gasteiger partial charge in [-0.15, -0.1) is 0 Å². The summed E-state index contributed by atoms with van der Waals surface area (Å²) >= 11 is 0. The quantitative estimate of drug-likeness (QED) is 0.0197. The van der Waals surface area contributed by atoms with Crippen molar-refractivity contribution in [3.8, 4) is 0 Å². The number of benzene rings is 4. The summed E-state index contributed by atoms with van der Waals surface area (Å²) in [7, 11) is 0. The third-order valence-electron chi connectivity index (χ3n) is 13.5. The largest absolute Gasteiger partial charge is 0.445 e. The number of rotatable bonds is 25. The number of carbonyl (C=O) groups excluding carboxylic acids is 2. The van der Waals surface area contributed by atoms with Gasteiger partial charge >= 0.3 is 6.09 Å². The summed E-state index contributed by atoms with van der Waals surface area (Å²) in [5.41, 5.74) is 42.0. The monoisotopic (exact) mass is 1080 g/mol. The molecule has 27 nitrogen and oxygen atoms in total. The van der Waals surface area contributed by atoms with Crippen molar-refractivity contribution in [2.45, 2.75) is 138 Å². The highest BCUT2D eigenvalue weighted by atomic mass is 16.7. The van der Waals surface area contributed by atoms with Crippen molar-refractivity contribution in [2.75, 3.05) is 13.1 Å². The minimum atomic E-state index is -1.88. The van der Waals surface area contributed by atoms with Crippen molar-refractivity contribution < 1.29 is 62.9 Å². The highest BCUT2D eigenvalue weighted by Crippen LogP contribution is 2.42. The van der Waals surface area contributed by atoms with Gasteiger partial charge in [-0.25, -0.2) is 4.79 Å². The summed E-state index contributed by atoms with van der Waals surface area (Å²) in [5, 5.41) is 56.2. The summed E-state index contributed by atoms with van der Waals surface area (Å²) in [6.07, 6.45) is -18.6. The van der Waals surface area contributed by atoms with Gasteiger partial charge in [0.1, 0.15) is 48.4 Å². The number of nitrogens with one attached hydrogen (secondary N) is 2. The van der Waals surface area contributed by atoms with Gasteiger partial charge in [0.05, 0.1) is 62.9 Å². The Hall–Kier alpha value is -7.70. The molecule has 16 atom stereocenters. The number of aliphatic hydroxyl groups is 3. The van der Waals surface area contributed by atoms with Crippen LogP contribution in [0.5, 0.6) is 0 Å². The molecule has 2 saturated heterocycles. The van der Waals surface area contributed by atoms with Gasteiger partial charge in [-0.1, -0.05) is 137 Å². The van der Waals surface area contributed by atoms with Crippen molar-refractivity contribution in [3.05, 3.63) is 185 Å². The summed E-state index contributed by atoms with van der Waals surface area (Å²) < 4.78 is 44.4. The number of hydrogen-bond acceptors (Lipinski definition) is 17. The number of nitrogens with zero attached hydrogens (tertiary/aromatic N) is 12. The first kappa shape index (κ1) is 58.0. The summed E-state index contributed by atoms with van der Waals surface area (Å²) in [6.45, 7) is 0.793. The summed E-state index contributed by atoms with van der Waals surface area (Å²) in [4.78, 5) is 44.0. The topological polar surface area (TPSA) is 388 Å². The number of carbonyl (C=O) groups is 2. The van der Waals surface area contributed by atoms with Crippen LogP contribution in [0.3, 0.4) is 0 Å². The standard InChI is InChI=1S/C51H60N14O13/c1-30-41(67)47(78-65-64-55)48(73-28-33-18-10-4-11-19-33)45(75-30)39-35(58-49(69)37(66)22-23-56-51(70)74-29-34-20-12-5-13-21-34)24-36(59-62-53)43(42(39)68)77-50-40(60-63-54)46(72-27-32-16-8-3-9-17-32)44(38(76-50)25-57-61-52)71-26-31-14-6-2-7-15-31/h2-21,30,35-48,50,66-68H,22-29H2,1H3,(H,56,70)(H,58,69)/t30-,35-,36+,37+,38-,39+,40-,41-,42-,43-,44-,45-,46-,47+,48+,50-/m1/s1. The fourth-order valence-electron chi connectivity index (χ4n) is 9.71. The maximum Gasteiger partial charge on any atom is 0.407 e. The number of alkyl carbamates (subject to hydrolysis) is 1. The average molecular weight is 1080 g/mol. The van der Waals surface area contributed by atoms with Gasteiger partial charge in [0.15, 0.2) is 12.4 Å². The van der Waals surface area contributed by atoms with Gasteiger partial charge in [-0.2, -0.15) is 0 Å². The van der Waals surface area contributed by atoms with Crippen molar-refractivity contribution >= 4 is 12.0 Å². The first-order valence-corrected chi connectivity index (χ1v) is 25.0. The highest BCUT2D eigenvalue weighted by Gasteiger charge is 2.58. The van der Waals surface area contributed by atoms with E-state index in [9.17, 15) is 47.0 Å². The van der Waals surface area contributed by atoms with E-state index < -0.39 is 109 Å². The molecule has 412 valence electrons. The van der Waals surface area contributed by atoms with Crippen LogP contribution in [0.25, 0.3) is 41.8 Å². The first-order chi connectivity index (χ1) is 38.0. The number of aliphatic hydroxyl groups excluding tert-OH is 3. The maximum absolute atomic E-state index is 14.1. The first-order valence-electron chi connectivity index (χ1n) is 25.0. The van der Waals surface area contributed by atoms with Crippen LogP contribution < -0.4 is 10.6 Å². The van der Waals surface area contributed by atoms with Gasteiger partial charge < -0.3 is 63.9 Å². The molecule has 0 unspecified atom stereocenters. The minimum absolute atomic E-state index is 0.0232. The lowest BCUT2D eigenvalue weighted by Gasteiger charge is -2.53. The molecule has 4 aromatic carbocycles. The molecule has 1 saturated carbocycles. The van der Waals surface area contributed by atoms with E-state index in [1.165, 1.54) is 6.92 Å². The van der Waals surface area contributed by atoms with Crippen LogP contribution in [0, 0.1) is 5.92 Å². The predicted molar refractivity (Wildman–Crippen MR) is 274 cm³/mol. The van der Waals surface area contributed by atoms with Crippen molar-refractivity contribution in [3.63, 3.8) is 0 Å². The van der Waals surface area contributed by atoms with E-state index in [0.717, 1.165) is 16.7 Å². The Kier molecular flexibility index (Phi) is 22.1. The molecular formula is C51H60N14O13. The molecule has 0 aromatic heterocycles. The summed E-state index contributed by atoms with van der Waals surface area (Å²) in [6, 6.07) is 31.9. The van der Waals surface area contributed by atoms with E-state index in [1.807, 2.05) is 66.7 Å². The lowest BCUT2D eigenvalue weighted by molar-refractivity contribution is -0.308. The molecule has 2 heterocycles. The van der Waals surface area contributed by atoms with E-state index in [4.69, 9.17) is 38.0 Å². The fourth-order valence-corrected chi connectivity index (χ4v) is 9.71. The van der Waals surface area contributed by atoms with Gasteiger partial charge in [0.25, 0.3) is 0 Å². The van der Waals surface area contributed by atoms with E-state index in [2.05, 4.69) is 50.9 Å². The van der Waals surface area contributed by atoms with E-state index in [0.29, 0.717) is 5.56 Å². The third-order valence-corrected chi connectivity index (χ3v) is 13.5. The van der Waals surface area contributed by atoms with Gasteiger partial charge in [0.2, 0.25) is 5.91 Å². The van der Waals surface area contributed by atoms with Crippen LogP contribution in [0.15, 0.2) is 142 Å². The molecule has 1 aliphatic carbocycles. The van der Waals surface area contributed by atoms with Gasteiger partial charge in [-0.05, 0) is 64.1 Å². The summed E-state index contributed by atoms with van der Waals surface area (Å²) in [5.74, 6) is -2.37. The van der Waals surface area contributed by atoms with Crippen LogP contribution >= 0.6 is 0 Å². The van der Waals surface area contributed by atoms with E-state index >= 15 is 0 Å². The second-order valence-electron chi connectivity index (χ2n) is 18.6. The molecule has 3 aliphatic rings. The molecule has 2 aliphatic heterocycles. The van der Waals surface area contributed by atoms with Crippen LogP contribution in [-0.2, 0) is 69.2 Å². The average Bonchev–Trinajstić information content (AvgIpc) is 3.53. The van der Waals surface area contributed by atoms with Crippen LogP contribution in [0.1, 0.15) is 42.0 Å². The number of amides is 2. The Bertz CT molecular complexity index is 2720. The number of azide groups is 4. The zero-order valence-corrected chi connectivity index (χ0v) is 42.2. The second kappa shape index (κ2) is 29.7. The molecule has 5 N–H and O–H groups in total. The van der Waals surface area contributed by atoms with E-state index in [1.54, 1.807) is 54.6 Å². The Morgan fingerprint density at radius 3 is 1.78 bits per heavy atom. The third kappa shape index (κ3) is 15.7. The van der Waals surface area contributed by atoms with Crippen LogP contribution in [-0.4, -0.2) is 132 Å². The van der Waals surface area contributed by atoms with Gasteiger partial charge in [-0.3, -0.25) is 4.79 Å². The minimum Gasteiger partial charge on any atom is -0.445 e. The predicted octanol–water partition coefficient (Wildman–Crippen LogP) is 6.82. The van der Waals surface area contributed by atoms with Crippen LogP contribution in [0.2, 0.25) is 0 Å². The second-order valence-corrected chi connectivity index (χ2v) is 18.6. The molecule has 7 rings (SSSR count). The van der Waals surface area contributed by atoms with Crippen LogP contribution in [0.4, 0.5) is 4.79 Å². The Morgan fingerprint density at radius 2 is 1.23 bits per heavy atom. The molecule has 78 heavy (non-hydrogen) atoms. The maximum atomic E-state index is 14.1. The molecule has 27 heteroatoms. The SMILES string of the molecule is C[C@H]1O[C@H]([C@@H]2[C@@H](O)[C@H](O[C@H]3O[C@H](CN=[N+]=[N-])[C@@H](OCc4ccccc4)[C@H](OCc4ccccc4)[C@H]3N=[N+]=[N-])[C@@H](N=[N+]=[N-])C[C@H]2NC(=O)[C@@H](O)CCNC(=O)OCc2ccccc2)[C@H](OCc2ccccc2)[C@@H](ON=[N+]=[N-])[C@@H]1O. The Labute approximate surface area is 447 Å². The molecule has 0 radical (unpaired) electrons. The van der Waals surface area contributed by atoms with E-state index in [-0.39, 0.29) is 52.4 Å². The Balaban J connectivity index is 1.23. The normalized spacial score (nSPS) is 28.8. The lowest BCUT2D eigenvalue weighted by atomic mass is 9.71. The zero-order chi connectivity index (χ0) is 55.2. The lowest BCUT2D eigenvalue weighted by Crippen LogP contribution is -2.69. The number of hydrogen-bond donors (Lipinski definition) is 5. The van der Waals surface area contributed by atoms with Gasteiger partial charge in [0, 0.05) is 38.2 Å². The Morgan fingerprint density at radius 1 is 0.679 bits per heavy atom. The number of ether oxygens (including phenoxy) is 7. The highest BCUT2D eigenvalue weighted by molar-refractivity contribution is 5.81. The molecule has 2 amide bonds. The zero-order valence-electron chi connectivity index (χ0n) is 42.2. The smallest absolute Gasteiger partial charge is 0.407 e. The molecule has 0 spiro atoms. The molecule has 3 fully saturated rings. The molecular weight excluding hydrogens is 1020 g/mol.